The van der Waals surface area contributed by atoms with Gasteiger partial charge in [0.25, 0.3) is 0 Å². The largest absolute Gasteiger partial charge is 0.390 e. The molecule has 1 aromatic carbocycles. The third-order valence-electron chi connectivity index (χ3n) is 4.65. The van der Waals surface area contributed by atoms with E-state index in [2.05, 4.69) is 4.90 Å². The number of hydrogen-bond acceptors (Lipinski definition) is 4. The van der Waals surface area contributed by atoms with Crippen molar-refractivity contribution in [3.63, 3.8) is 0 Å². The van der Waals surface area contributed by atoms with E-state index in [9.17, 15) is 14.3 Å². The molecule has 2 fully saturated rings. The summed E-state index contributed by atoms with van der Waals surface area (Å²) in [6, 6.07) is 6.37. The topological polar surface area (TPSA) is 53.0 Å². The first kappa shape index (κ1) is 17.3. The summed E-state index contributed by atoms with van der Waals surface area (Å²) in [6.07, 6.45) is 0.816. The number of carbonyl (C=O) groups excluding carboxylic acids is 1. The molecule has 0 aromatic heterocycles. The van der Waals surface area contributed by atoms with E-state index in [1.54, 1.807) is 17.0 Å². The van der Waals surface area contributed by atoms with E-state index in [0.29, 0.717) is 26.1 Å². The van der Waals surface area contributed by atoms with Crippen LogP contribution in [0.2, 0.25) is 0 Å². The van der Waals surface area contributed by atoms with Crippen LogP contribution in [0.15, 0.2) is 24.3 Å². The standard InChI is InChI=1S/C18H25FN2O3/c1-13-9-20(10-16(22)11-21-8-2-3-18(21)23)12-17(24-13)14-4-6-15(19)7-5-14/h4-7,13,16-17,22H,2-3,8-12H2,1H3. The Bertz CT molecular complexity index is 566. The molecule has 0 radical (unpaired) electrons. The molecule has 2 aliphatic heterocycles. The molecule has 24 heavy (non-hydrogen) atoms. The van der Waals surface area contributed by atoms with Crippen molar-refractivity contribution in [2.75, 3.05) is 32.7 Å². The fourth-order valence-electron chi connectivity index (χ4n) is 3.56. The number of aliphatic hydroxyl groups excluding tert-OH is 1. The second-order valence-corrected chi connectivity index (χ2v) is 6.80. The van der Waals surface area contributed by atoms with Gasteiger partial charge in [-0.2, -0.15) is 0 Å². The van der Waals surface area contributed by atoms with Gasteiger partial charge in [0.15, 0.2) is 0 Å². The quantitative estimate of drug-likeness (QED) is 0.887. The van der Waals surface area contributed by atoms with E-state index in [1.165, 1.54) is 12.1 Å². The minimum Gasteiger partial charge on any atom is -0.390 e. The van der Waals surface area contributed by atoms with Gasteiger partial charge in [-0.3, -0.25) is 9.69 Å². The molecule has 6 heteroatoms. The number of nitrogens with zero attached hydrogens (tertiary/aromatic N) is 2. The molecular formula is C18H25FN2O3. The van der Waals surface area contributed by atoms with Gasteiger partial charge in [-0.25, -0.2) is 4.39 Å². The predicted octanol–water partition coefficient (Wildman–Crippen LogP) is 1.57. The summed E-state index contributed by atoms with van der Waals surface area (Å²) in [5, 5.41) is 10.3. The van der Waals surface area contributed by atoms with Crippen molar-refractivity contribution in [1.29, 1.82) is 0 Å². The third-order valence-corrected chi connectivity index (χ3v) is 4.65. The highest BCUT2D eigenvalue weighted by Gasteiger charge is 2.29. The molecule has 3 rings (SSSR count). The molecule has 132 valence electrons. The Morgan fingerprint density at radius 3 is 2.71 bits per heavy atom. The maximum absolute atomic E-state index is 13.1. The average molecular weight is 336 g/mol. The lowest BCUT2D eigenvalue weighted by atomic mass is 10.1. The Labute approximate surface area is 142 Å². The van der Waals surface area contributed by atoms with Gasteiger partial charge < -0.3 is 14.7 Å². The second kappa shape index (κ2) is 7.59. The SMILES string of the molecule is CC1CN(CC(O)CN2CCCC2=O)CC(c2ccc(F)cc2)O1. The number of likely N-dealkylation sites (tertiary alicyclic amines) is 1. The molecule has 0 aliphatic carbocycles. The minimum absolute atomic E-state index is 0.0365. The first-order chi connectivity index (χ1) is 11.5. The van der Waals surface area contributed by atoms with Crippen LogP contribution in [0.4, 0.5) is 4.39 Å². The number of ether oxygens (including phenoxy) is 1. The fourth-order valence-corrected chi connectivity index (χ4v) is 3.56. The molecular weight excluding hydrogens is 311 g/mol. The Morgan fingerprint density at radius 2 is 2.04 bits per heavy atom. The lowest BCUT2D eigenvalue weighted by Gasteiger charge is -2.38. The Hall–Kier alpha value is -1.50. The lowest BCUT2D eigenvalue weighted by molar-refractivity contribution is -0.129. The number of β-amino-alcohol motifs (C(OH)–C–C–N with tert-alkyl or cyclic N) is 1. The number of benzene rings is 1. The zero-order valence-electron chi connectivity index (χ0n) is 14.0. The lowest BCUT2D eigenvalue weighted by Crippen LogP contribution is -2.48. The van der Waals surface area contributed by atoms with Crippen LogP contribution in [0.25, 0.3) is 0 Å². The Morgan fingerprint density at radius 1 is 1.29 bits per heavy atom. The average Bonchev–Trinajstić information content (AvgIpc) is 2.92. The normalized spacial score (nSPS) is 26.8. The van der Waals surface area contributed by atoms with Crippen molar-refractivity contribution in [1.82, 2.24) is 9.80 Å². The minimum atomic E-state index is -0.564. The number of morpholine rings is 1. The zero-order valence-corrected chi connectivity index (χ0v) is 14.0. The highest BCUT2D eigenvalue weighted by atomic mass is 19.1. The predicted molar refractivity (Wildman–Crippen MR) is 87.9 cm³/mol. The van der Waals surface area contributed by atoms with E-state index < -0.39 is 6.10 Å². The molecule has 5 nitrogen and oxygen atoms in total. The summed E-state index contributed by atoms with van der Waals surface area (Å²) in [6.45, 7) is 5.04. The van der Waals surface area contributed by atoms with Gasteiger partial charge in [-0.1, -0.05) is 12.1 Å². The molecule has 1 amide bonds. The first-order valence-electron chi connectivity index (χ1n) is 8.60. The van der Waals surface area contributed by atoms with Crippen LogP contribution in [0.3, 0.4) is 0 Å². The van der Waals surface area contributed by atoms with Gasteiger partial charge in [0, 0.05) is 39.1 Å². The van der Waals surface area contributed by atoms with Gasteiger partial charge in [-0.05, 0) is 31.0 Å². The van der Waals surface area contributed by atoms with E-state index >= 15 is 0 Å². The van der Waals surface area contributed by atoms with Crippen LogP contribution in [-0.4, -0.2) is 65.7 Å². The molecule has 2 heterocycles. The number of carbonyl (C=O) groups is 1. The van der Waals surface area contributed by atoms with E-state index in [-0.39, 0.29) is 23.9 Å². The number of amides is 1. The van der Waals surface area contributed by atoms with Gasteiger partial charge in [0.05, 0.1) is 18.3 Å². The highest BCUT2D eigenvalue weighted by molar-refractivity contribution is 5.78. The van der Waals surface area contributed by atoms with Crippen molar-refractivity contribution < 1.29 is 19.0 Å². The summed E-state index contributed by atoms with van der Waals surface area (Å²) < 4.78 is 19.1. The van der Waals surface area contributed by atoms with Gasteiger partial charge in [-0.15, -0.1) is 0 Å². The summed E-state index contributed by atoms with van der Waals surface area (Å²) in [5.74, 6) is -0.126. The molecule has 3 unspecified atom stereocenters. The monoisotopic (exact) mass is 336 g/mol. The van der Waals surface area contributed by atoms with Crippen molar-refractivity contribution in [2.45, 2.75) is 38.1 Å². The van der Waals surface area contributed by atoms with Crippen LogP contribution >= 0.6 is 0 Å². The number of aliphatic hydroxyl groups is 1. The molecule has 0 spiro atoms. The van der Waals surface area contributed by atoms with Crippen molar-refractivity contribution in [3.05, 3.63) is 35.6 Å². The van der Waals surface area contributed by atoms with Crippen molar-refractivity contribution in [2.24, 2.45) is 0 Å². The molecule has 3 atom stereocenters. The number of halogens is 1. The maximum atomic E-state index is 13.1. The Kier molecular flexibility index (Phi) is 5.48. The van der Waals surface area contributed by atoms with Crippen LogP contribution in [-0.2, 0) is 9.53 Å². The summed E-state index contributed by atoms with van der Waals surface area (Å²) in [5.41, 5.74) is 0.942. The second-order valence-electron chi connectivity index (χ2n) is 6.80. The molecule has 0 bridgehead atoms. The number of rotatable bonds is 5. The van der Waals surface area contributed by atoms with Gasteiger partial charge in [0.1, 0.15) is 5.82 Å². The van der Waals surface area contributed by atoms with E-state index in [1.807, 2.05) is 6.92 Å². The molecule has 2 saturated heterocycles. The smallest absolute Gasteiger partial charge is 0.222 e. The molecule has 1 N–H and O–H groups in total. The van der Waals surface area contributed by atoms with E-state index in [4.69, 9.17) is 4.74 Å². The zero-order chi connectivity index (χ0) is 17.1. The van der Waals surface area contributed by atoms with E-state index in [0.717, 1.165) is 25.1 Å². The first-order valence-corrected chi connectivity index (χ1v) is 8.60. The Balaban J connectivity index is 1.56. The molecule has 0 saturated carbocycles. The molecule has 2 aliphatic rings. The van der Waals surface area contributed by atoms with Gasteiger partial charge in [0.2, 0.25) is 5.91 Å². The van der Waals surface area contributed by atoms with Crippen molar-refractivity contribution >= 4 is 5.91 Å². The van der Waals surface area contributed by atoms with Crippen molar-refractivity contribution in [3.8, 4) is 0 Å². The summed E-state index contributed by atoms with van der Waals surface area (Å²) in [4.78, 5) is 15.6. The summed E-state index contributed by atoms with van der Waals surface area (Å²) in [7, 11) is 0. The molecule has 1 aromatic rings. The van der Waals surface area contributed by atoms with Crippen LogP contribution in [0.1, 0.15) is 31.4 Å². The van der Waals surface area contributed by atoms with Crippen LogP contribution in [0, 0.1) is 5.82 Å². The van der Waals surface area contributed by atoms with Crippen LogP contribution < -0.4 is 0 Å². The highest BCUT2D eigenvalue weighted by Crippen LogP contribution is 2.25. The summed E-state index contributed by atoms with van der Waals surface area (Å²) >= 11 is 0. The fraction of sp³-hybridized carbons (Fsp3) is 0.611. The van der Waals surface area contributed by atoms with Crippen LogP contribution in [0.5, 0.6) is 0 Å². The number of hydrogen-bond donors (Lipinski definition) is 1. The third kappa shape index (κ3) is 4.32. The maximum Gasteiger partial charge on any atom is 0.222 e. The van der Waals surface area contributed by atoms with Gasteiger partial charge >= 0.3 is 0 Å².